The zero-order valence-electron chi connectivity index (χ0n) is 12.7. The number of amides is 1. The lowest BCUT2D eigenvalue weighted by Crippen LogP contribution is -2.23. The maximum Gasteiger partial charge on any atom is 0.244 e. The minimum atomic E-state index is -3.70. The van der Waals surface area contributed by atoms with Crippen LogP contribution in [0.25, 0.3) is 0 Å². The van der Waals surface area contributed by atoms with Crippen molar-refractivity contribution < 1.29 is 13.2 Å². The lowest BCUT2D eigenvalue weighted by atomic mass is 10.3. The zero-order chi connectivity index (χ0) is 17.9. The number of aromatic nitrogens is 2. The Balaban J connectivity index is 2.08. The Kier molecular flexibility index (Phi) is 6.04. The fraction of sp³-hybridized carbons (Fsp3) is 0.250. The van der Waals surface area contributed by atoms with Crippen molar-refractivity contribution in [1.82, 2.24) is 14.5 Å². The monoisotopic (exact) mass is 407 g/mol. The second kappa shape index (κ2) is 7.66. The van der Waals surface area contributed by atoms with E-state index in [1.807, 2.05) is 0 Å². The molecular weight excluding hydrogens is 394 g/mol. The van der Waals surface area contributed by atoms with Crippen LogP contribution in [0.4, 0.5) is 10.8 Å². The minimum Gasteiger partial charge on any atom is -0.374 e. The fourth-order valence-electron chi connectivity index (χ4n) is 1.58. The highest BCUT2D eigenvalue weighted by molar-refractivity contribution is 8.01. The largest absolute Gasteiger partial charge is 0.374 e. The molecule has 0 aliphatic rings. The molecule has 0 radical (unpaired) electrons. The molecule has 1 aromatic heterocycles. The predicted molar refractivity (Wildman–Crippen MR) is 96.0 cm³/mol. The molecular formula is C12H14ClN5O3S3. The van der Waals surface area contributed by atoms with Crippen molar-refractivity contribution in [3.05, 3.63) is 23.2 Å². The van der Waals surface area contributed by atoms with Gasteiger partial charge in [-0.2, -0.15) is 0 Å². The van der Waals surface area contributed by atoms with E-state index in [1.165, 1.54) is 55.4 Å². The summed E-state index contributed by atoms with van der Waals surface area (Å²) in [4.78, 5) is 11.9. The first-order chi connectivity index (χ1) is 11.2. The van der Waals surface area contributed by atoms with Crippen LogP contribution in [0, 0.1) is 0 Å². The SMILES string of the molecule is CN(C)S(=O)(=O)c1cc(NC(=O)CSc2nnc(N)s2)ccc1Cl. The van der Waals surface area contributed by atoms with Gasteiger partial charge in [0.05, 0.1) is 10.8 Å². The number of benzene rings is 1. The van der Waals surface area contributed by atoms with Crippen LogP contribution >= 0.6 is 34.7 Å². The Hall–Kier alpha value is -1.40. The summed E-state index contributed by atoms with van der Waals surface area (Å²) in [6.45, 7) is 0. The Morgan fingerprint density at radius 2 is 2.12 bits per heavy atom. The molecule has 2 rings (SSSR count). The van der Waals surface area contributed by atoms with E-state index in [2.05, 4.69) is 15.5 Å². The molecule has 0 saturated carbocycles. The number of halogens is 1. The maximum absolute atomic E-state index is 12.2. The standard InChI is InChI=1S/C12H14ClN5O3S3/c1-18(2)24(20,21)9-5-7(3-4-8(9)13)15-10(19)6-22-12-17-16-11(14)23-12/h3-5H,6H2,1-2H3,(H2,14,16)(H,15,19). The van der Waals surface area contributed by atoms with Crippen molar-refractivity contribution in [1.29, 1.82) is 0 Å². The van der Waals surface area contributed by atoms with Gasteiger partial charge in [0.1, 0.15) is 4.90 Å². The third-order valence-corrected chi connectivity index (χ3v) is 6.90. The number of carbonyl (C=O) groups excluding carboxylic acids is 1. The molecule has 0 saturated heterocycles. The van der Waals surface area contributed by atoms with Crippen LogP contribution in [0.3, 0.4) is 0 Å². The van der Waals surface area contributed by atoms with Crippen molar-refractivity contribution in [3.63, 3.8) is 0 Å². The molecule has 0 fully saturated rings. The van der Waals surface area contributed by atoms with Crippen molar-refractivity contribution >= 4 is 61.4 Å². The van der Waals surface area contributed by atoms with Gasteiger partial charge >= 0.3 is 0 Å². The molecule has 2 aromatic rings. The quantitative estimate of drug-likeness (QED) is 0.700. The molecule has 0 aliphatic heterocycles. The highest BCUT2D eigenvalue weighted by atomic mass is 35.5. The summed E-state index contributed by atoms with van der Waals surface area (Å²) in [5.74, 6) is -0.225. The molecule has 0 unspecified atom stereocenters. The van der Waals surface area contributed by atoms with Crippen LogP contribution in [-0.4, -0.2) is 48.7 Å². The van der Waals surface area contributed by atoms with Crippen LogP contribution in [0.2, 0.25) is 5.02 Å². The predicted octanol–water partition coefficient (Wildman–Crippen LogP) is 1.75. The van der Waals surface area contributed by atoms with E-state index in [-0.39, 0.29) is 21.6 Å². The molecule has 130 valence electrons. The highest BCUT2D eigenvalue weighted by Crippen LogP contribution is 2.27. The van der Waals surface area contributed by atoms with E-state index >= 15 is 0 Å². The molecule has 0 atom stereocenters. The number of nitrogens with one attached hydrogen (secondary N) is 1. The summed E-state index contributed by atoms with van der Waals surface area (Å²) in [5, 5.41) is 10.5. The van der Waals surface area contributed by atoms with Crippen LogP contribution in [0.5, 0.6) is 0 Å². The molecule has 8 nitrogen and oxygen atoms in total. The first kappa shape index (κ1) is 18.9. The summed E-state index contributed by atoms with van der Waals surface area (Å²) in [6.07, 6.45) is 0. The van der Waals surface area contributed by atoms with Gasteiger partial charge in [0, 0.05) is 19.8 Å². The van der Waals surface area contributed by atoms with E-state index in [4.69, 9.17) is 17.3 Å². The van der Waals surface area contributed by atoms with Gasteiger partial charge in [0.15, 0.2) is 4.34 Å². The smallest absolute Gasteiger partial charge is 0.244 e. The van der Waals surface area contributed by atoms with Crippen molar-refractivity contribution in [2.45, 2.75) is 9.24 Å². The number of thioether (sulfide) groups is 1. The molecule has 0 aliphatic carbocycles. The van der Waals surface area contributed by atoms with Gasteiger partial charge in [0.2, 0.25) is 21.1 Å². The van der Waals surface area contributed by atoms with Crippen molar-refractivity contribution in [3.8, 4) is 0 Å². The van der Waals surface area contributed by atoms with Gasteiger partial charge in [-0.05, 0) is 18.2 Å². The van der Waals surface area contributed by atoms with Gasteiger partial charge in [0.25, 0.3) is 0 Å². The summed E-state index contributed by atoms with van der Waals surface area (Å²) in [7, 11) is -0.896. The van der Waals surface area contributed by atoms with E-state index < -0.39 is 10.0 Å². The normalized spacial score (nSPS) is 11.7. The number of sulfonamides is 1. The molecule has 1 amide bonds. The second-order valence-electron chi connectivity index (χ2n) is 4.68. The molecule has 24 heavy (non-hydrogen) atoms. The first-order valence-electron chi connectivity index (χ1n) is 6.44. The number of carbonyl (C=O) groups is 1. The van der Waals surface area contributed by atoms with Crippen LogP contribution < -0.4 is 11.1 Å². The van der Waals surface area contributed by atoms with E-state index in [0.29, 0.717) is 15.2 Å². The van der Waals surface area contributed by atoms with Crippen LogP contribution in [0.15, 0.2) is 27.4 Å². The Morgan fingerprint density at radius 3 is 2.71 bits per heavy atom. The maximum atomic E-state index is 12.2. The van der Waals surface area contributed by atoms with Crippen LogP contribution in [0.1, 0.15) is 0 Å². The van der Waals surface area contributed by atoms with E-state index in [1.54, 1.807) is 0 Å². The molecule has 1 heterocycles. The first-order valence-corrected chi connectivity index (χ1v) is 10.1. The number of hydrogen-bond acceptors (Lipinski definition) is 8. The van der Waals surface area contributed by atoms with Crippen molar-refractivity contribution in [2.24, 2.45) is 0 Å². The van der Waals surface area contributed by atoms with Gasteiger partial charge in [-0.1, -0.05) is 34.7 Å². The molecule has 1 aromatic carbocycles. The summed E-state index contributed by atoms with van der Waals surface area (Å²) in [5.41, 5.74) is 5.80. The Bertz CT molecular complexity index is 853. The summed E-state index contributed by atoms with van der Waals surface area (Å²) < 4.78 is 26.0. The van der Waals surface area contributed by atoms with Crippen molar-refractivity contribution in [2.75, 3.05) is 30.9 Å². The second-order valence-corrected chi connectivity index (χ2v) is 9.43. The summed E-state index contributed by atoms with van der Waals surface area (Å²) >= 11 is 8.33. The zero-order valence-corrected chi connectivity index (χ0v) is 15.9. The van der Waals surface area contributed by atoms with E-state index in [0.717, 1.165) is 4.31 Å². The highest BCUT2D eigenvalue weighted by Gasteiger charge is 2.21. The van der Waals surface area contributed by atoms with E-state index in [9.17, 15) is 13.2 Å². The topological polar surface area (TPSA) is 118 Å². The van der Waals surface area contributed by atoms with Gasteiger partial charge in [-0.15, -0.1) is 10.2 Å². The lowest BCUT2D eigenvalue weighted by molar-refractivity contribution is -0.113. The van der Waals surface area contributed by atoms with Gasteiger partial charge in [-0.3, -0.25) is 4.79 Å². The number of nitrogens with zero attached hydrogens (tertiary/aromatic N) is 3. The summed E-state index contributed by atoms with van der Waals surface area (Å²) in [6, 6.07) is 4.28. The lowest BCUT2D eigenvalue weighted by Gasteiger charge is -2.14. The van der Waals surface area contributed by atoms with Gasteiger partial charge in [-0.25, -0.2) is 12.7 Å². The minimum absolute atomic E-state index is 0.0727. The fourth-order valence-corrected chi connectivity index (χ4v) is 4.41. The number of nitrogen functional groups attached to an aromatic ring is 1. The Labute approximate surface area is 152 Å². The molecule has 12 heteroatoms. The molecule has 3 N–H and O–H groups in total. The number of nitrogens with two attached hydrogens (primary N) is 1. The third kappa shape index (κ3) is 4.57. The number of hydrogen-bond donors (Lipinski definition) is 2. The average Bonchev–Trinajstić information content (AvgIpc) is 2.92. The van der Waals surface area contributed by atoms with Gasteiger partial charge < -0.3 is 11.1 Å². The molecule has 0 bridgehead atoms. The van der Waals surface area contributed by atoms with Crippen LogP contribution in [-0.2, 0) is 14.8 Å². The number of rotatable bonds is 6. The Morgan fingerprint density at radius 1 is 1.42 bits per heavy atom. The molecule has 0 spiro atoms. The average molecular weight is 408 g/mol. The third-order valence-electron chi connectivity index (χ3n) is 2.72. The number of anilines is 2.